The molecule has 0 bridgehead atoms. The first-order chi connectivity index (χ1) is 8.08. The summed E-state index contributed by atoms with van der Waals surface area (Å²) in [6.45, 7) is 2.12. The summed E-state index contributed by atoms with van der Waals surface area (Å²) in [5, 5.41) is 3.68. The minimum atomic E-state index is -0.124. The van der Waals surface area contributed by atoms with E-state index in [4.69, 9.17) is 11.6 Å². The average Bonchev–Trinajstić information content (AvgIpc) is 2.61. The maximum atomic E-state index is 11.4. The highest BCUT2D eigenvalue weighted by molar-refractivity contribution is 6.31. The van der Waals surface area contributed by atoms with Crippen molar-refractivity contribution >= 4 is 29.1 Å². The number of carbonyl (C=O) groups excluding carboxylic acids is 2. The van der Waals surface area contributed by atoms with Crippen molar-refractivity contribution in [2.75, 3.05) is 12.0 Å². The van der Waals surface area contributed by atoms with Gasteiger partial charge in [0.2, 0.25) is 11.8 Å². The lowest BCUT2D eigenvalue weighted by molar-refractivity contribution is -0.137. The quantitative estimate of drug-likeness (QED) is 0.839. The Bertz CT molecular complexity index is 458. The predicted molar refractivity (Wildman–Crippen MR) is 65.8 cm³/mol. The van der Waals surface area contributed by atoms with Gasteiger partial charge < -0.3 is 5.32 Å². The SMILES string of the molecule is Cc1ccc(NCN2C(=O)CCC2=O)cc1Cl. The highest BCUT2D eigenvalue weighted by Gasteiger charge is 2.28. The Morgan fingerprint density at radius 2 is 1.94 bits per heavy atom. The summed E-state index contributed by atoms with van der Waals surface area (Å²) < 4.78 is 0. The van der Waals surface area contributed by atoms with Crippen LogP contribution in [0.2, 0.25) is 5.02 Å². The Morgan fingerprint density at radius 3 is 2.53 bits per heavy atom. The van der Waals surface area contributed by atoms with Crippen LogP contribution in [0.15, 0.2) is 18.2 Å². The molecular weight excluding hydrogens is 240 g/mol. The molecule has 1 aliphatic rings. The van der Waals surface area contributed by atoms with Gasteiger partial charge >= 0.3 is 0 Å². The normalized spacial score (nSPS) is 15.5. The van der Waals surface area contributed by atoms with Gasteiger partial charge in [-0.25, -0.2) is 0 Å². The second kappa shape index (κ2) is 4.75. The summed E-state index contributed by atoms with van der Waals surface area (Å²) in [6.07, 6.45) is 0.629. The van der Waals surface area contributed by atoms with Gasteiger partial charge in [-0.3, -0.25) is 14.5 Å². The second-order valence-corrected chi connectivity index (χ2v) is 4.42. The first-order valence-corrected chi connectivity index (χ1v) is 5.79. The molecule has 1 aliphatic heterocycles. The molecule has 2 amide bonds. The molecule has 1 fully saturated rings. The number of rotatable bonds is 3. The van der Waals surface area contributed by atoms with Crippen LogP contribution >= 0.6 is 11.6 Å². The fourth-order valence-corrected chi connectivity index (χ4v) is 1.85. The molecule has 1 N–H and O–H groups in total. The molecule has 2 rings (SSSR count). The van der Waals surface area contributed by atoms with Gasteiger partial charge in [0.05, 0.1) is 6.67 Å². The van der Waals surface area contributed by atoms with Gasteiger partial charge in [-0.1, -0.05) is 17.7 Å². The molecule has 17 heavy (non-hydrogen) atoms. The van der Waals surface area contributed by atoms with Gasteiger partial charge in [0, 0.05) is 23.6 Å². The highest BCUT2D eigenvalue weighted by Crippen LogP contribution is 2.20. The van der Waals surface area contributed by atoms with Crippen LogP contribution in [-0.4, -0.2) is 23.4 Å². The van der Waals surface area contributed by atoms with Crippen LogP contribution in [0.25, 0.3) is 0 Å². The van der Waals surface area contributed by atoms with Crippen molar-refractivity contribution in [3.05, 3.63) is 28.8 Å². The molecule has 0 spiro atoms. The van der Waals surface area contributed by atoms with Gasteiger partial charge in [-0.15, -0.1) is 0 Å². The monoisotopic (exact) mass is 252 g/mol. The first-order valence-electron chi connectivity index (χ1n) is 5.41. The first kappa shape index (κ1) is 11.9. The van der Waals surface area contributed by atoms with Crippen molar-refractivity contribution in [2.24, 2.45) is 0 Å². The zero-order valence-corrected chi connectivity index (χ0v) is 10.3. The molecule has 1 aromatic rings. The van der Waals surface area contributed by atoms with Crippen LogP contribution in [0.3, 0.4) is 0 Å². The highest BCUT2D eigenvalue weighted by atomic mass is 35.5. The maximum absolute atomic E-state index is 11.4. The van der Waals surface area contributed by atoms with Crippen molar-refractivity contribution in [1.29, 1.82) is 0 Å². The van der Waals surface area contributed by atoms with E-state index in [9.17, 15) is 9.59 Å². The smallest absolute Gasteiger partial charge is 0.231 e. The number of halogens is 1. The topological polar surface area (TPSA) is 49.4 Å². The van der Waals surface area contributed by atoms with E-state index in [1.807, 2.05) is 19.1 Å². The van der Waals surface area contributed by atoms with Crippen molar-refractivity contribution in [1.82, 2.24) is 4.90 Å². The zero-order chi connectivity index (χ0) is 12.4. The van der Waals surface area contributed by atoms with Crippen LogP contribution in [0.4, 0.5) is 5.69 Å². The number of anilines is 1. The van der Waals surface area contributed by atoms with Gasteiger partial charge in [-0.05, 0) is 24.6 Å². The summed E-state index contributed by atoms with van der Waals surface area (Å²) >= 11 is 5.98. The molecule has 5 heteroatoms. The largest absolute Gasteiger partial charge is 0.367 e. The Morgan fingerprint density at radius 1 is 1.29 bits per heavy atom. The zero-order valence-electron chi connectivity index (χ0n) is 9.50. The number of amides is 2. The minimum absolute atomic E-state index is 0.124. The standard InChI is InChI=1S/C12H13ClN2O2/c1-8-2-3-9(6-10(8)13)14-7-15-11(16)4-5-12(15)17/h2-3,6,14H,4-5,7H2,1H3. The molecule has 90 valence electrons. The average molecular weight is 253 g/mol. The van der Waals surface area contributed by atoms with E-state index >= 15 is 0 Å². The number of nitrogens with one attached hydrogen (secondary N) is 1. The summed E-state index contributed by atoms with van der Waals surface area (Å²) in [4.78, 5) is 24.0. The number of hydrogen-bond donors (Lipinski definition) is 1. The molecular formula is C12H13ClN2O2. The number of benzene rings is 1. The van der Waals surface area contributed by atoms with Crippen molar-refractivity contribution in [2.45, 2.75) is 19.8 Å². The van der Waals surface area contributed by atoms with Crippen LogP contribution in [0.1, 0.15) is 18.4 Å². The Kier molecular flexibility index (Phi) is 3.33. The number of imide groups is 1. The van der Waals surface area contributed by atoms with Crippen LogP contribution in [0.5, 0.6) is 0 Å². The van der Waals surface area contributed by atoms with Gasteiger partial charge in [0.15, 0.2) is 0 Å². The number of nitrogens with zero attached hydrogens (tertiary/aromatic N) is 1. The van der Waals surface area contributed by atoms with Crippen molar-refractivity contribution in [3.63, 3.8) is 0 Å². The molecule has 4 nitrogen and oxygen atoms in total. The fourth-order valence-electron chi connectivity index (χ4n) is 1.67. The Hall–Kier alpha value is -1.55. The summed E-state index contributed by atoms with van der Waals surface area (Å²) in [6, 6.07) is 5.53. The summed E-state index contributed by atoms with van der Waals surface area (Å²) in [5.74, 6) is -0.249. The predicted octanol–water partition coefficient (Wildman–Crippen LogP) is 2.17. The molecule has 0 unspecified atom stereocenters. The van der Waals surface area contributed by atoms with E-state index in [-0.39, 0.29) is 18.5 Å². The fraction of sp³-hybridized carbons (Fsp3) is 0.333. The third-order valence-electron chi connectivity index (χ3n) is 2.77. The second-order valence-electron chi connectivity index (χ2n) is 4.01. The van der Waals surface area contributed by atoms with E-state index in [0.717, 1.165) is 11.3 Å². The molecule has 1 aromatic carbocycles. The van der Waals surface area contributed by atoms with Crippen LogP contribution < -0.4 is 5.32 Å². The number of likely N-dealkylation sites (tertiary alicyclic amines) is 1. The minimum Gasteiger partial charge on any atom is -0.367 e. The van der Waals surface area contributed by atoms with Gasteiger partial charge in [0.25, 0.3) is 0 Å². The van der Waals surface area contributed by atoms with Crippen molar-refractivity contribution in [3.8, 4) is 0 Å². The number of aryl methyl sites for hydroxylation is 1. The molecule has 0 radical (unpaired) electrons. The van der Waals surface area contributed by atoms with Gasteiger partial charge in [-0.2, -0.15) is 0 Å². The Labute approximate surface area is 105 Å². The van der Waals surface area contributed by atoms with E-state index < -0.39 is 0 Å². The van der Waals surface area contributed by atoms with E-state index in [0.29, 0.717) is 17.9 Å². The number of hydrogen-bond acceptors (Lipinski definition) is 3. The lowest BCUT2D eigenvalue weighted by Gasteiger charge is -2.15. The lowest BCUT2D eigenvalue weighted by Crippen LogP contribution is -2.33. The maximum Gasteiger partial charge on any atom is 0.231 e. The molecule has 1 saturated heterocycles. The molecule has 1 heterocycles. The summed E-state index contributed by atoms with van der Waals surface area (Å²) in [5.41, 5.74) is 1.79. The molecule has 0 saturated carbocycles. The third kappa shape index (κ3) is 2.58. The molecule has 0 aliphatic carbocycles. The number of carbonyl (C=O) groups is 2. The van der Waals surface area contributed by atoms with Crippen LogP contribution in [-0.2, 0) is 9.59 Å². The lowest BCUT2D eigenvalue weighted by atomic mass is 10.2. The molecule has 0 aromatic heterocycles. The van der Waals surface area contributed by atoms with E-state index in [2.05, 4.69) is 5.32 Å². The van der Waals surface area contributed by atoms with Gasteiger partial charge in [0.1, 0.15) is 0 Å². The third-order valence-corrected chi connectivity index (χ3v) is 3.18. The Balaban J connectivity index is 2.00. The van der Waals surface area contributed by atoms with E-state index in [1.165, 1.54) is 4.90 Å². The van der Waals surface area contributed by atoms with Crippen LogP contribution in [0, 0.1) is 6.92 Å². The van der Waals surface area contributed by atoms with Crippen molar-refractivity contribution < 1.29 is 9.59 Å². The molecule has 0 atom stereocenters. The van der Waals surface area contributed by atoms with E-state index in [1.54, 1.807) is 6.07 Å². The summed E-state index contributed by atoms with van der Waals surface area (Å²) in [7, 11) is 0.